The smallest absolute Gasteiger partial charge is 0.0721 e. The maximum atomic E-state index is 10.5. The predicted molar refractivity (Wildman–Crippen MR) is 119 cm³/mol. The molecule has 0 bridgehead atoms. The molecule has 1 saturated carbocycles. The molecule has 0 aromatic carbocycles. The molecule has 1 fully saturated rings. The molecule has 0 aliphatic heterocycles. The van der Waals surface area contributed by atoms with Crippen molar-refractivity contribution in [2.45, 2.75) is 96.2 Å². The number of hydrogen-bond acceptors (Lipinski definition) is 3. The molecule has 3 nitrogen and oxygen atoms in total. The van der Waals surface area contributed by atoms with Gasteiger partial charge in [0.1, 0.15) is 0 Å². The van der Waals surface area contributed by atoms with Crippen molar-refractivity contribution in [1.82, 2.24) is 4.90 Å². The topological polar surface area (TPSA) is 43.7 Å². The van der Waals surface area contributed by atoms with E-state index in [0.29, 0.717) is 11.8 Å². The molecule has 2 aliphatic carbocycles. The quantitative estimate of drug-likeness (QED) is 0.311. The summed E-state index contributed by atoms with van der Waals surface area (Å²) in [5.41, 5.74) is 1.61. The van der Waals surface area contributed by atoms with E-state index in [0.717, 1.165) is 25.7 Å². The first-order valence-electron chi connectivity index (χ1n) is 11.9. The first kappa shape index (κ1) is 23.6. The Kier molecular flexibility index (Phi) is 10.8. The van der Waals surface area contributed by atoms with Crippen molar-refractivity contribution in [3.63, 3.8) is 0 Å². The fourth-order valence-electron chi connectivity index (χ4n) is 5.06. The molecule has 0 heterocycles. The van der Waals surface area contributed by atoms with Crippen molar-refractivity contribution < 1.29 is 10.2 Å². The lowest BCUT2D eigenvalue weighted by molar-refractivity contribution is 0.139. The van der Waals surface area contributed by atoms with Crippen LogP contribution in [0.25, 0.3) is 0 Å². The lowest BCUT2D eigenvalue weighted by atomic mass is 9.88. The Balaban J connectivity index is 1.69. The Morgan fingerprint density at radius 1 is 1.11 bits per heavy atom. The van der Waals surface area contributed by atoms with Crippen molar-refractivity contribution in [2.75, 3.05) is 20.6 Å². The molecule has 28 heavy (non-hydrogen) atoms. The molecule has 2 aliphatic rings. The van der Waals surface area contributed by atoms with Crippen molar-refractivity contribution in [2.24, 2.45) is 17.8 Å². The molecule has 5 atom stereocenters. The second-order valence-electron chi connectivity index (χ2n) is 9.51. The Labute approximate surface area is 173 Å². The van der Waals surface area contributed by atoms with Crippen LogP contribution in [0.2, 0.25) is 0 Å². The second-order valence-corrected chi connectivity index (χ2v) is 9.51. The second kappa shape index (κ2) is 12.8. The van der Waals surface area contributed by atoms with Crippen LogP contribution in [0, 0.1) is 17.8 Å². The summed E-state index contributed by atoms with van der Waals surface area (Å²) in [6, 6.07) is 0. The minimum Gasteiger partial charge on any atom is -0.392 e. The van der Waals surface area contributed by atoms with Crippen LogP contribution in [0.15, 0.2) is 23.8 Å². The fourth-order valence-corrected chi connectivity index (χ4v) is 5.06. The third kappa shape index (κ3) is 8.00. The molecule has 0 saturated heterocycles. The molecule has 0 unspecified atom stereocenters. The summed E-state index contributed by atoms with van der Waals surface area (Å²) in [5, 5.41) is 20.8. The van der Waals surface area contributed by atoms with Crippen LogP contribution >= 0.6 is 0 Å². The molecule has 0 radical (unpaired) electrons. The lowest BCUT2D eigenvalue weighted by Gasteiger charge is -2.19. The highest BCUT2D eigenvalue weighted by Crippen LogP contribution is 2.48. The number of aliphatic hydroxyl groups excluding tert-OH is 2. The number of fused-ring (bicyclic) bond motifs is 1. The Bertz CT molecular complexity index is 485. The minimum absolute atomic E-state index is 0.224. The zero-order valence-electron chi connectivity index (χ0n) is 18.7. The standard InChI is InChI=1S/C25H45NO2/c1-4-5-6-7-10-13-22(27)14-15-23-24-18-20(17-21(24)19-25(23)28)12-9-8-11-16-26(2)3/h14-15,17,21-25,27-28H,4-13,16,18-19H2,1-3H3/b15-14+/t21-,22+,23+,24-,25+/m0/s1. The van der Waals surface area contributed by atoms with Gasteiger partial charge in [0.05, 0.1) is 12.2 Å². The van der Waals surface area contributed by atoms with Gasteiger partial charge in [0.2, 0.25) is 0 Å². The Hall–Kier alpha value is -0.640. The van der Waals surface area contributed by atoms with Gasteiger partial charge in [-0.05, 0) is 71.0 Å². The van der Waals surface area contributed by atoms with Gasteiger partial charge in [-0.25, -0.2) is 0 Å². The molecule has 0 aromatic rings. The van der Waals surface area contributed by atoms with Crippen molar-refractivity contribution in [3.05, 3.63) is 23.8 Å². The highest BCUT2D eigenvalue weighted by Gasteiger charge is 2.43. The zero-order valence-corrected chi connectivity index (χ0v) is 18.7. The summed E-state index contributed by atoms with van der Waals surface area (Å²) < 4.78 is 0. The summed E-state index contributed by atoms with van der Waals surface area (Å²) in [7, 11) is 4.28. The average Bonchev–Trinajstić information content (AvgIpc) is 3.15. The number of rotatable bonds is 14. The minimum atomic E-state index is -0.349. The Morgan fingerprint density at radius 3 is 2.61 bits per heavy atom. The number of allylic oxidation sites excluding steroid dienone is 2. The van der Waals surface area contributed by atoms with Crippen LogP contribution in [0.4, 0.5) is 0 Å². The molecular weight excluding hydrogens is 346 g/mol. The van der Waals surface area contributed by atoms with E-state index in [2.05, 4.69) is 38.1 Å². The van der Waals surface area contributed by atoms with Crippen LogP contribution in [-0.2, 0) is 0 Å². The number of unbranched alkanes of at least 4 members (excludes halogenated alkanes) is 6. The van der Waals surface area contributed by atoms with E-state index in [9.17, 15) is 10.2 Å². The van der Waals surface area contributed by atoms with Gasteiger partial charge in [-0.15, -0.1) is 0 Å². The van der Waals surface area contributed by atoms with Crippen LogP contribution < -0.4 is 0 Å². The van der Waals surface area contributed by atoms with Crippen LogP contribution in [0.5, 0.6) is 0 Å². The summed E-state index contributed by atoms with van der Waals surface area (Å²) >= 11 is 0. The molecule has 0 aromatic heterocycles. The zero-order chi connectivity index (χ0) is 20.4. The van der Waals surface area contributed by atoms with Gasteiger partial charge in [-0.1, -0.05) is 69.2 Å². The summed E-state index contributed by atoms with van der Waals surface area (Å²) in [6.07, 6.45) is 20.2. The number of aliphatic hydroxyl groups is 2. The van der Waals surface area contributed by atoms with Crippen LogP contribution in [0.3, 0.4) is 0 Å². The molecular formula is C25H45NO2. The van der Waals surface area contributed by atoms with Gasteiger partial charge in [-0.2, -0.15) is 0 Å². The van der Waals surface area contributed by atoms with E-state index in [1.165, 1.54) is 57.9 Å². The maximum Gasteiger partial charge on any atom is 0.0721 e. The van der Waals surface area contributed by atoms with Gasteiger partial charge in [-0.3, -0.25) is 0 Å². The highest BCUT2D eigenvalue weighted by atomic mass is 16.3. The van der Waals surface area contributed by atoms with Crippen LogP contribution in [-0.4, -0.2) is 48.0 Å². The molecule has 162 valence electrons. The van der Waals surface area contributed by atoms with Gasteiger partial charge in [0.15, 0.2) is 0 Å². The first-order valence-corrected chi connectivity index (χ1v) is 11.9. The van der Waals surface area contributed by atoms with Gasteiger partial charge < -0.3 is 15.1 Å². The fraction of sp³-hybridized carbons (Fsp3) is 0.840. The van der Waals surface area contributed by atoms with Crippen molar-refractivity contribution in [3.8, 4) is 0 Å². The first-order chi connectivity index (χ1) is 13.5. The average molecular weight is 392 g/mol. The lowest BCUT2D eigenvalue weighted by Crippen LogP contribution is -2.18. The van der Waals surface area contributed by atoms with Gasteiger partial charge in [0, 0.05) is 5.92 Å². The molecule has 0 amide bonds. The third-order valence-corrected chi connectivity index (χ3v) is 6.71. The molecule has 3 heteroatoms. The van der Waals surface area contributed by atoms with E-state index in [1.807, 2.05) is 6.08 Å². The van der Waals surface area contributed by atoms with E-state index in [-0.39, 0.29) is 18.1 Å². The normalized spacial score (nSPS) is 28.3. The van der Waals surface area contributed by atoms with E-state index < -0.39 is 0 Å². The predicted octanol–water partition coefficient (Wildman–Crippen LogP) is 5.33. The van der Waals surface area contributed by atoms with Crippen molar-refractivity contribution in [1.29, 1.82) is 0 Å². The molecule has 2 rings (SSSR count). The largest absolute Gasteiger partial charge is 0.392 e. The van der Waals surface area contributed by atoms with Gasteiger partial charge >= 0.3 is 0 Å². The van der Waals surface area contributed by atoms with Crippen LogP contribution in [0.1, 0.15) is 84.0 Å². The SMILES string of the molecule is CCCCCCC[C@@H](O)/C=C/[C@@H]1[C@H]2CC(CCCCCN(C)C)=C[C@H]2C[C@H]1O. The van der Waals surface area contributed by atoms with Crippen molar-refractivity contribution >= 4 is 0 Å². The molecule has 2 N–H and O–H groups in total. The third-order valence-electron chi connectivity index (χ3n) is 6.71. The summed E-state index contributed by atoms with van der Waals surface area (Å²) in [5.74, 6) is 1.33. The van der Waals surface area contributed by atoms with E-state index in [1.54, 1.807) is 5.57 Å². The maximum absolute atomic E-state index is 10.5. The van der Waals surface area contributed by atoms with E-state index in [4.69, 9.17) is 0 Å². The number of nitrogens with zero attached hydrogens (tertiary/aromatic N) is 1. The monoisotopic (exact) mass is 391 g/mol. The van der Waals surface area contributed by atoms with Gasteiger partial charge in [0.25, 0.3) is 0 Å². The summed E-state index contributed by atoms with van der Waals surface area (Å²) in [4.78, 5) is 2.26. The Morgan fingerprint density at radius 2 is 1.86 bits per heavy atom. The number of hydrogen-bond donors (Lipinski definition) is 2. The van der Waals surface area contributed by atoms with E-state index >= 15 is 0 Å². The highest BCUT2D eigenvalue weighted by molar-refractivity contribution is 5.20. The molecule has 0 spiro atoms. The summed E-state index contributed by atoms with van der Waals surface area (Å²) in [6.45, 7) is 3.41.